The average Bonchev–Trinajstić information content (AvgIpc) is 3.78. The number of fused-ring (bicyclic) bond motifs is 1. The van der Waals surface area contributed by atoms with E-state index in [0.29, 0.717) is 37.8 Å². The SMILES string of the molecule is C=CCCC(=O)N(C)[C@H](C)[C@H](OC(=O)[C@@H]1[C@H]2C(=O)N([C@@H](CO)CC(C)C)[C@H](C(=O)N(CC=C)Cc3ccccc3)[C@]23CC[C@H]1O3)c1ccccc1. The highest BCUT2D eigenvalue weighted by Gasteiger charge is 2.75. The number of carbonyl (C=O) groups excluding carboxylic acids is 4. The molecular formula is C41H53N3O7. The van der Waals surface area contributed by atoms with Crippen molar-refractivity contribution in [3.63, 3.8) is 0 Å². The molecular weight excluding hydrogens is 646 g/mol. The van der Waals surface area contributed by atoms with Crippen LogP contribution in [0.5, 0.6) is 0 Å². The summed E-state index contributed by atoms with van der Waals surface area (Å²) < 4.78 is 13.1. The van der Waals surface area contributed by atoms with Crippen LogP contribution in [-0.2, 0) is 35.2 Å². The predicted octanol–water partition coefficient (Wildman–Crippen LogP) is 5.08. The van der Waals surface area contributed by atoms with E-state index >= 15 is 0 Å². The van der Waals surface area contributed by atoms with Gasteiger partial charge in [-0.2, -0.15) is 0 Å². The summed E-state index contributed by atoms with van der Waals surface area (Å²) >= 11 is 0. The van der Waals surface area contributed by atoms with Gasteiger partial charge >= 0.3 is 5.97 Å². The molecule has 0 unspecified atom stereocenters. The summed E-state index contributed by atoms with van der Waals surface area (Å²) in [5, 5.41) is 10.7. The number of benzene rings is 2. The van der Waals surface area contributed by atoms with Crippen LogP contribution in [0.3, 0.4) is 0 Å². The normalized spacial score (nSPS) is 25.2. The van der Waals surface area contributed by atoms with E-state index in [2.05, 4.69) is 13.2 Å². The number of ether oxygens (including phenoxy) is 2. The fourth-order valence-corrected chi connectivity index (χ4v) is 8.34. The minimum absolute atomic E-state index is 0.107. The summed E-state index contributed by atoms with van der Waals surface area (Å²) in [6.07, 6.45) is 4.06. The van der Waals surface area contributed by atoms with Crippen molar-refractivity contribution in [3.8, 4) is 0 Å². The fourth-order valence-electron chi connectivity index (χ4n) is 8.34. The maximum absolute atomic E-state index is 14.8. The number of amides is 3. The van der Waals surface area contributed by atoms with Crippen LogP contribution in [0.2, 0.25) is 0 Å². The monoisotopic (exact) mass is 699 g/mol. The smallest absolute Gasteiger partial charge is 0.313 e. The molecule has 10 heteroatoms. The second-order valence-electron chi connectivity index (χ2n) is 14.6. The van der Waals surface area contributed by atoms with E-state index in [1.54, 1.807) is 29.0 Å². The first kappa shape index (κ1) is 38.0. The topological polar surface area (TPSA) is 117 Å². The molecule has 0 radical (unpaired) electrons. The van der Waals surface area contributed by atoms with E-state index in [1.807, 2.05) is 81.4 Å². The number of esters is 1. The minimum Gasteiger partial charge on any atom is -0.455 e. The third-order valence-corrected chi connectivity index (χ3v) is 10.8. The highest BCUT2D eigenvalue weighted by atomic mass is 16.6. The van der Waals surface area contributed by atoms with Crippen LogP contribution in [-0.4, -0.2) is 93.5 Å². The van der Waals surface area contributed by atoms with Gasteiger partial charge in [0.25, 0.3) is 0 Å². The van der Waals surface area contributed by atoms with Gasteiger partial charge in [-0.1, -0.05) is 86.7 Å². The molecule has 3 aliphatic rings. The van der Waals surface area contributed by atoms with Gasteiger partial charge in [-0.25, -0.2) is 0 Å². The third-order valence-electron chi connectivity index (χ3n) is 10.8. The predicted molar refractivity (Wildman–Crippen MR) is 194 cm³/mol. The molecule has 51 heavy (non-hydrogen) atoms. The third kappa shape index (κ3) is 7.53. The Kier molecular flexibility index (Phi) is 12.2. The van der Waals surface area contributed by atoms with Crippen LogP contribution in [0, 0.1) is 17.8 Å². The van der Waals surface area contributed by atoms with Gasteiger partial charge in [0.2, 0.25) is 17.7 Å². The number of hydrogen-bond donors (Lipinski definition) is 1. The lowest BCUT2D eigenvalue weighted by molar-refractivity contribution is -0.165. The van der Waals surface area contributed by atoms with Crippen LogP contribution < -0.4 is 0 Å². The van der Waals surface area contributed by atoms with Crippen LogP contribution in [0.4, 0.5) is 0 Å². The number of carbonyl (C=O) groups is 4. The molecule has 1 spiro atoms. The highest BCUT2D eigenvalue weighted by Crippen LogP contribution is 2.59. The Bertz CT molecular complexity index is 1570. The first-order chi connectivity index (χ1) is 24.5. The van der Waals surface area contributed by atoms with E-state index in [-0.39, 0.29) is 43.2 Å². The average molecular weight is 700 g/mol. The number of nitrogens with zero attached hydrogens (tertiary/aromatic N) is 3. The van der Waals surface area contributed by atoms with Gasteiger partial charge < -0.3 is 29.3 Å². The van der Waals surface area contributed by atoms with E-state index < -0.39 is 53.7 Å². The number of likely N-dealkylation sites (N-methyl/N-ethyl adjacent to an activating group) is 1. The zero-order valence-corrected chi connectivity index (χ0v) is 30.4. The summed E-state index contributed by atoms with van der Waals surface area (Å²) in [6.45, 7) is 13.7. The molecule has 0 saturated carbocycles. The Morgan fingerprint density at radius 2 is 1.73 bits per heavy atom. The van der Waals surface area contributed by atoms with E-state index in [4.69, 9.17) is 9.47 Å². The quantitative estimate of drug-likeness (QED) is 0.181. The van der Waals surface area contributed by atoms with Gasteiger partial charge in [-0.3, -0.25) is 19.2 Å². The zero-order valence-electron chi connectivity index (χ0n) is 30.4. The number of aliphatic hydroxyl groups excluding tert-OH is 1. The lowest BCUT2D eigenvalue weighted by Crippen LogP contribution is -2.58. The fraction of sp³-hybridized carbons (Fsp3) is 0.512. The molecule has 2 aromatic carbocycles. The van der Waals surface area contributed by atoms with Crippen molar-refractivity contribution in [1.29, 1.82) is 0 Å². The lowest BCUT2D eigenvalue weighted by atomic mass is 9.70. The van der Waals surface area contributed by atoms with Crippen molar-refractivity contribution in [2.75, 3.05) is 20.2 Å². The molecule has 0 aromatic heterocycles. The highest BCUT2D eigenvalue weighted by molar-refractivity contribution is 5.98. The van der Waals surface area contributed by atoms with E-state index in [1.165, 1.54) is 4.90 Å². The molecule has 274 valence electrons. The summed E-state index contributed by atoms with van der Waals surface area (Å²) in [7, 11) is 1.69. The summed E-state index contributed by atoms with van der Waals surface area (Å²) in [5.41, 5.74) is 0.366. The standard InChI is InChI=1S/C41H53N3O7/c1-7-9-20-33(46)42(6)28(5)36(30-18-14-11-15-19-30)50-40(49)34-32-21-22-41(51-32)35(34)38(47)44(31(26-45)24-27(3)4)37(41)39(48)43(23-8-2)25-29-16-12-10-13-17-29/h7-8,10-19,27-28,31-32,34-37,45H,1-2,9,20-26H2,3-6H3/t28-,31-,32-,34+,35+,36+,37-,41+/m1/s1. The molecule has 10 nitrogen and oxygen atoms in total. The molecule has 5 rings (SSSR count). The van der Waals surface area contributed by atoms with Crippen molar-refractivity contribution >= 4 is 23.7 Å². The first-order valence-corrected chi connectivity index (χ1v) is 18.1. The molecule has 3 amide bonds. The van der Waals surface area contributed by atoms with E-state index in [9.17, 15) is 24.3 Å². The molecule has 3 aliphatic heterocycles. The maximum Gasteiger partial charge on any atom is 0.313 e. The van der Waals surface area contributed by atoms with Crippen molar-refractivity contribution in [1.82, 2.24) is 14.7 Å². The Morgan fingerprint density at radius 3 is 2.33 bits per heavy atom. The van der Waals surface area contributed by atoms with Gasteiger partial charge in [0, 0.05) is 26.6 Å². The van der Waals surface area contributed by atoms with Gasteiger partial charge in [0.1, 0.15) is 17.7 Å². The Morgan fingerprint density at radius 1 is 1.06 bits per heavy atom. The molecule has 0 aliphatic carbocycles. The number of hydrogen-bond acceptors (Lipinski definition) is 7. The van der Waals surface area contributed by atoms with E-state index in [0.717, 1.165) is 5.56 Å². The van der Waals surface area contributed by atoms with Crippen LogP contribution >= 0.6 is 0 Å². The zero-order chi connectivity index (χ0) is 36.9. The van der Waals surface area contributed by atoms with Crippen molar-refractivity contribution < 1.29 is 33.8 Å². The minimum atomic E-state index is -1.27. The van der Waals surface area contributed by atoms with Crippen LogP contribution in [0.15, 0.2) is 86.0 Å². The summed E-state index contributed by atoms with van der Waals surface area (Å²) in [5.74, 6) is -3.21. The number of aliphatic hydroxyl groups is 1. The van der Waals surface area contributed by atoms with Gasteiger partial charge in [-0.05, 0) is 49.7 Å². The summed E-state index contributed by atoms with van der Waals surface area (Å²) in [4.78, 5) is 61.9. The maximum atomic E-state index is 14.8. The lowest BCUT2D eigenvalue weighted by Gasteiger charge is -2.39. The molecule has 3 saturated heterocycles. The van der Waals surface area contributed by atoms with Gasteiger partial charge in [-0.15, -0.1) is 13.2 Å². The largest absolute Gasteiger partial charge is 0.455 e. The van der Waals surface area contributed by atoms with Gasteiger partial charge in [0.15, 0.2) is 0 Å². The van der Waals surface area contributed by atoms with Crippen molar-refractivity contribution in [2.24, 2.45) is 17.8 Å². The second-order valence-corrected chi connectivity index (χ2v) is 14.6. The number of allylic oxidation sites excluding steroid dienone is 1. The van der Waals surface area contributed by atoms with Crippen molar-refractivity contribution in [2.45, 2.75) is 95.4 Å². The Labute approximate surface area is 302 Å². The molecule has 3 fully saturated rings. The van der Waals surface area contributed by atoms with Crippen molar-refractivity contribution in [3.05, 3.63) is 97.1 Å². The molecule has 8 atom stereocenters. The number of rotatable bonds is 17. The first-order valence-electron chi connectivity index (χ1n) is 18.1. The molecule has 2 aromatic rings. The Hall–Kier alpha value is -4.28. The molecule has 1 N–H and O–H groups in total. The summed E-state index contributed by atoms with van der Waals surface area (Å²) in [6, 6.07) is 16.7. The number of likely N-dealkylation sites (tertiary alicyclic amines) is 1. The molecule has 3 heterocycles. The second kappa shape index (κ2) is 16.4. The van der Waals surface area contributed by atoms with Gasteiger partial charge in [0.05, 0.1) is 36.6 Å². The Balaban J connectivity index is 1.51. The van der Waals surface area contributed by atoms with Crippen LogP contribution in [0.25, 0.3) is 0 Å². The molecule has 2 bridgehead atoms. The van der Waals surface area contributed by atoms with Crippen LogP contribution in [0.1, 0.15) is 70.1 Å².